The lowest BCUT2D eigenvalue weighted by atomic mass is 10.0. The molecule has 0 aromatic heterocycles. The molecular weight excluding hydrogens is 208 g/mol. The van der Waals surface area contributed by atoms with Crippen molar-refractivity contribution in [3.05, 3.63) is 47.0 Å². The molecule has 2 rings (SSSR count). The molecule has 0 radical (unpaired) electrons. The van der Waals surface area contributed by atoms with Crippen LogP contribution in [-0.4, -0.2) is 5.78 Å². The Morgan fingerprint density at radius 1 is 1.06 bits per heavy atom. The molecule has 0 heterocycles. The van der Waals surface area contributed by atoms with E-state index in [1.807, 2.05) is 12.1 Å². The van der Waals surface area contributed by atoms with Crippen molar-refractivity contribution in [2.75, 3.05) is 0 Å². The van der Waals surface area contributed by atoms with Crippen LogP contribution in [0.1, 0.15) is 48.2 Å². The van der Waals surface area contributed by atoms with Crippen molar-refractivity contribution in [2.45, 2.75) is 33.6 Å². The monoisotopic (exact) mass is 226 g/mol. The normalized spacial score (nSPS) is 11.1. The molecule has 0 fully saturated rings. The average molecular weight is 226 g/mol. The first kappa shape index (κ1) is 11.8. The van der Waals surface area contributed by atoms with Crippen LogP contribution in [0.5, 0.6) is 0 Å². The van der Waals surface area contributed by atoms with E-state index in [0.29, 0.717) is 5.92 Å². The van der Waals surface area contributed by atoms with Gasteiger partial charge in [0.15, 0.2) is 5.78 Å². The third-order valence-corrected chi connectivity index (χ3v) is 3.30. The molecule has 0 spiro atoms. The van der Waals surface area contributed by atoms with Crippen LogP contribution in [0, 0.1) is 6.92 Å². The maximum absolute atomic E-state index is 11.6. The summed E-state index contributed by atoms with van der Waals surface area (Å²) in [5.41, 5.74) is 5.60. The number of aryl methyl sites for hydroxylation is 1. The molecule has 0 N–H and O–H groups in total. The van der Waals surface area contributed by atoms with Crippen molar-refractivity contribution in [3.8, 4) is 11.1 Å². The molecule has 0 aromatic rings. The van der Waals surface area contributed by atoms with Gasteiger partial charge in [0.05, 0.1) is 0 Å². The van der Waals surface area contributed by atoms with Crippen LogP contribution in [0.4, 0.5) is 0 Å². The van der Waals surface area contributed by atoms with Gasteiger partial charge in [-0.05, 0) is 42.0 Å². The van der Waals surface area contributed by atoms with Crippen LogP contribution >= 0.6 is 0 Å². The second-order valence-corrected chi connectivity index (χ2v) is 4.95. The summed E-state index contributed by atoms with van der Waals surface area (Å²) >= 11 is 0. The smallest absolute Gasteiger partial charge is 0.160 e. The molecule has 0 saturated heterocycles. The minimum absolute atomic E-state index is 0.139. The van der Waals surface area contributed by atoms with E-state index in [2.05, 4.69) is 39.0 Å². The van der Waals surface area contributed by atoms with Gasteiger partial charge in [0, 0.05) is 5.56 Å². The van der Waals surface area contributed by atoms with E-state index in [0.717, 1.165) is 11.1 Å². The SMILES string of the molecule is CC(=O)c1ccc2c(C)ccc(C(C)C)cc1-2. The summed E-state index contributed by atoms with van der Waals surface area (Å²) in [6.45, 7) is 8.07. The minimum Gasteiger partial charge on any atom is -0.294 e. The zero-order chi connectivity index (χ0) is 12.6. The first-order valence-electron chi connectivity index (χ1n) is 6.05. The number of rotatable bonds is 2. The number of carbonyl (C=O) groups is 1. The highest BCUT2D eigenvalue weighted by molar-refractivity contribution is 6.02. The number of hydrogen-bond donors (Lipinski definition) is 0. The molecule has 0 aromatic carbocycles. The Kier molecular flexibility index (Phi) is 3.01. The molecule has 0 amide bonds. The lowest BCUT2D eigenvalue weighted by Gasteiger charge is -2.04. The van der Waals surface area contributed by atoms with Crippen LogP contribution in [-0.2, 0) is 0 Å². The highest BCUT2D eigenvalue weighted by Crippen LogP contribution is 2.32. The summed E-state index contributed by atoms with van der Waals surface area (Å²) in [4.78, 5) is 11.6. The van der Waals surface area contributed by atoms with Crippen LogP contribution in [0.3, 0.4) is 0 Å². The molecular formula is C16H18O. The average Bonchev–Trinajstić information content (AvgIpc) is 2.60. The Bertz CT molecular complexity index is 538. The molecule has 0 aliphatic heterocycles. The standard InChI is InChI=1S/C16H18O/c1-10(2)13-6-5-11(3)14-7-8-15(12(4)17)16(14)9-13/h5-10H,1-4H3. The van der Waals surface area contributed by atoms with Crippen molar-refractivity contribution >= 4 is 5.78 Å². The lowest BCUT2D eigenvalue weighted by Crippen LogP contribution is -1.91. The van der Waals surface area contributed by atoms with E-state index in [1.165, 1.54) is 16.7 Å². The van der Waals surface area contributed by atoms with Crippen LogP contribution in [0.25, 0.3) is 11.1 Å². The molecule has 17 heavy (non-hydrogen) atoms. The largest absolute Gasteiger partial charge is 0.294 e. The fourth-order valence-corrected chi connectivity index (χ4v) is 2.18. The Balaban J connectivity index is 2.74. The molecule has 2 aliphatic carbocycles. The molecule has 0 unspecified atom stereocenters. The Morgan fingerprint density at radius 3 is 2.35 bits per heavy atom. The summed E-state index contributed by atoms with van der Waals surface area (Å²) in [5.74, 6) is 0.611. The van der Waals surface area contributed by atoms with Crippen molar-refractivity contribution < 1.29 is 4.79 Å². The van der Waals surface area contributed by atoms with Gasteiger partial charge in [-0.3, -0.25) is 4.79 Å². The Morgan fingerprint density at radius 2 is 1.76 bits per heavy atom. The van der Waals surface area contributed by atoms with E-state index >= 15 is 0 Å². The lowest BCUT2D eigenvalue weighted by molar-refractivity contribution is 0.101. The van der Waals surface area contributed by atoms with Gasteiger partial charge in [0.25, 0.3) is 0 Å². The summed E-state index contributed by atoms with van der Waals surface area (Å²) < 4.78 is 0. The summed E-state index contributed by atoms with van der Waals surface area (Å²) in [6, 6.07) is 10.4. The molecule has 1 nitrogen and oxygen atoms in total. The molecule has 2 aliphatic rings. The molecule has 0 atom stereocenters. The summed E-state index contributed by atoms with van der Waals surface area (Å²) in [7, 11) is 0. The van der Waals surface area contributed by atoms with Gasteiger partial charge in [-0.15, -0.1) is 0 Å². The fraction of sp³-hybridized carbons (Fsp3) is 0.312. The van der Waals surface area contributed by atoms with Crippen molar-refractivity contribution in [1.82, 2.24) is 0 Å². The molecule has 0 bridgehead atoms. The first-order chi connectivity index (χ1) is 8.00. The predicted molar refractivity (Wildman–Crippen MR) is 71.9 cm³/mol. The Labute approximate surface area is 103 Å². The van der Waals surface area contributed by atoms with Crippen molar-refractivity contribution in [1.29, 1.82) is 0 Å². The molecule has 88 valence electrons. The zero-order valence-electron chi connectivity index (χ0n) is 10.9. The molecule has 0 saturated carbocycles. The van der Waals surface area contributed by atoms with E-state index in [1.54, 1.807) is 6.92 Å². The van der Waals surface area contributed by atoms with Gasteiger partial charge in [0.1, 0.15) is 0 Å². The number of carbonyl (C=O) groups excluding carboxylic acids is 1. The quantitative estimate of drug-likeness (QED) is 0.692. The first-order valence-corrected chi connectivity index (χ1v) is 6.05. The van der Waals surface area contributed by atoms with Gasteiger partial charge < -0.3 is 0 Å². The highest BCUT2D eigenvalue weighted by Gasteiger charge is 2.14. The third kappa shape index (κ3) is 2.10. The van der Waals surface area contributed by atoms with E-state index in [4.69, 9.17) is 0 Å². The van der Waals surface area contributed by atoms with Gasteiger partial charge in [-0.2, -0.15) is 0 Å². The van der Waals surface area contributed by atoms with E-state index in [9.17, 15) is 4.79 Å². The Hall–Kier alpha value is -1.63. The predicted octanol–water partition coefficient (Wildman–Crippen LogP) is 4.43. The molecule has 1 heteroatoms. The highest BCUT2D eigenvalue weighted by atomic mass is 16.1. The maximum Gasteiger partial charge on any atom is 0.160 e. The van der Waals surface area contributed by atoms with Crippen molar-refractivity contribution in [2.24, 2.45) is 0 Å². The fourth-order valence-electron chi connectivity index (χ4n) is 2.18. The van der Waals surface area contributed by atoms with Crippen LogP contribution < -0.4 is 0 Å². The number of hydrogen-bond acceptors (Lipinski definition) is 1. The summed E-state index contributed by atoms with van der Waals surface area (Å²) in [5, 5.41) is 0. The van der Waals surface area contributed by atoms with E-state index in [-0.39, 0.29) is 5.78 Å². The van der Waals surface area contributed by atoms with Crippen molar-refractivity contribution in [3.63, 3.8) is 0 Å². The number of ketones is 1. The summed E-state index contributed by atoms with van der Waals surface area (Å²) in [6.07, 6.45) is 0. The van der Waals surface area contributed by atoms with Gasteiger partial charge >= 0.3 is 0 Å². The number of fused-ring (bicyclic) bond motifs is 1. The second-order valence-electron chi connectivity index (χ2n) is 4.95. The van der Waals surface area contributed by atoms with Gasteiger partial charge in [0.2, 0.25) is 0 Å². The van der Waals surface area contributed by atoms with Gasteiger partial charge in [-0.1, -0.05) is 44.2 Å². The van der Waals surface area contributed by atoms with Gasteiger partial charge in [-0.25, -0.2) is 0 Å². The second kappa shape index (κ2) is 4.33. The van der Waals surface area contributed by atoms with E-state index < -0.39 is 0 Å². The van der Waals surface area contributed by atoms with Crippen LogP contribution in [0.2, 0.25) is 0 Å². The minimum atomic E-state index is 0.139. The van der Waals surface area contributed by atoms with Crippen LogP contribution in [0.15, 0.2) is 30.3 Å². The number of Topliss-reactive ketones (excluding diaryl/α,β-unsaturated/α-hetero) is 1. The third-order valence-electron chi connectivity index (χ3n) is 3.30. The zero-order valence-corrected chi connectivity index (χ0v) is 10.9. The maximum atomic E-state index is 11.6. The topological polar surface area (TPSA) is 17.1 Å².